The number of fused-ring (bicyclic) bond motifs is 9. The van der Waals surface area contributed by atoms with Crippen molar-refractivity contribution in [2.45, 2.75) is 45.2 Å². The van der Waals surface area contributed by atoms with Crippen LogP contribution in [0.15, 0.2) is 12.2 Å². The minimum atomic E-state index is 0.261. The maximum absolute atomic E-state index is 3.64. The first-order valence-electron chi connectivity index (χ1n) is 6.64. The third kappa shape index (κ3) is 0.659. The Morgan fingerprint density at radius 3 is 1.75 bits per heavy atom. The summed E-state index contributed by atoms with van der Waals surface area (Å²) in [6, 6.07) is 0. The molecule has 2 N–H and O–H groups in total. The summed E-state index contributed by atoms with van der Waals surface area (Å²) in [5.41, 5.74) is 8.12. The first-order chi connectivity index (χ1) is 7.42. The van der Waals surface area contributed by atoms with Gasteiger partial charge >= 0.3 is 0 Å². The maximum atomic E-state index is 3.64. The van der Waals surface area contributed by atoms with Crippen LogP contribution < -0.4 is 10.9 Å². The Balaban J connectivity index is 1.94. The first kappa shape index (κ1) is 9.67. The van der Waals surface area contributed by atoms with Gasteiger partial charge in [0, 0.05) is 16.5 Å². The Kier molecular flexibility index (Phi) is 1.38. The lowest BCUT2D eigenvalue weighted by Crippen LogP contribution is -2.59. The van der Waals surface area contributed by atoms with Gasteiger partial charge in [-0.2, -0.15) is 0 Å². The molecule has 2 heteroatoms. The van der Waals surface area contributed by atoms with E-state index in [1.165, 1.54) is 6.42 Å². The third-order valence-corrected chi connectivity index (χ3v) is 6.97. The van der Waals surface area contributed by atoms with Crippen LogP contribution >= 0.6 is 0 Å². The van der Waals surface area contributed by atoms with Crippen LogP contribution in [-0.4, -0.2) is 11.1 Å². The molecule has 0 aromatic carbocycles. The summed E-state index contributed by atoms with van der Waals surface area (Å²) in [4.78, 5) is 0. The van der Waals surface area contributed by atoms with Crippen molar-refractivity contribution in [1.82, 2.24) is 10.9 Å². The van der Waals surface area contributed by atoms with Crippen molar-refractivity contribution in [3.05, 3.63) is 12.2 Å². The largest absolute Gasteiger partial charge is 0.251 e. The lowest BCUT2D eigenvalue weighted by atomic mass is 9.66. The molecule has 0 amide bonds. The number of nitrogens with one attached hydrogen (secondary N) is 2. The summed E-state index contributed by atoms with van der Waals surface area (Å²) in [5, 5.41) is 0. The molecule has 0 spiro atoms. The lowest BCUT2D eigenvalue weighted by Gasteiger charge is -2.42. The summed E-state index contributed by atoms with van der Waals surface area (Å²) >= 11 is 0. The highest BCUT2D eigenvalue weighted by atomic mass is 15.5. The van der Waals surface area contributed by atoms with Gasteiger partial charge in [0.2, 0.25) is 0 Å². The van der Waals surface area contributed by atoms with E-state index in [1.54, 1.807) is 0 Å². The molecule has 1 heterocycles. The van der Waals surface area contributed by atoms with E-state index in [4.69, 9.17) is 0 Å². The summed E-state index contributed by atoms with van der Waals surface area (Å²) in [5.74, 6) is 3.33. The fourth-order valence-electron chi connectivity index (χ4n) is 5.51. The molecule has 3 aliphatic carbocycles. The minimum absolute atomic E-state index is 0.261. The number of hydrogen-bond donors (Lipinski definition) is 2. The summed E-state index contributed by atoms with van der Waals surface area (Å²) in [7, 11) is 0. The van der Waals surface area contributed by atoms with Crippen molar-refractivity contribution >= 4 is 0 Å². The van der Waals surface area contributed by atoms with E-state index >= 15 is 0 Å². The van der Waals surface area contributed by atoms with Gasteiger partial charge in [0.05, 0.1) is 0 Å². The fourth-order valence-corrected chi connectivity index (χ4v) is 5.51. The van der Waals surface area contributed by atoms with E-state index in [1.807, 2.05) is 0 Å². The Bertz CT molecular complexity index is 366. The van der Waals surface area contributed by atoms with Crippen LogP contribution in [0, 0.1) is 29.1 Å². The molecular weight excluding hydrogens is 196 g/mol. The molecule has 16 heavy (non-hydrogen) atoms. The Morgan fingerprint density at radius 1 is 0.875 bits per heavy atom. The van der Waals surface area contributed by atoms with Crippen LogP contribution in [0.2, 0.25) is 0 Å². The number of hydrazine groups is 1. The van der Waals surface area contributed by atoms with Crippen LogP contribution in [0.5, 0.6) is 0 Å². The summed E-state index contributed by atoms with van der Waals surface area (Å²) < 4.78 is 0. The highest BCUT2D eigenvalue weighted by molar-refractivity contribution is 5.35. The zero-order valence-electron chi connectivity index (χ0n) is 10.7. The topological polar surface area (TPSA) is 24.1 Å². The molecule has 1 aliphatic heterocycles. The van der Waals surface area contributed by atoms with Crippen molar-refractivity contribution < 1.29 is 0 Å². The van der Waals surface area contributed by atoms with E-state index in [2.05, 4.69) is 50.7 Å². The van der Waals surface area contributed by atoms with Crippen LogP contribution in [0.25, 0.3) is 0 Å². The highest BCUT2D eigenvalue weighted by Crippen LogP contribution is 2.70. The van der Waals surface area contributed by atoms with Crippen molar-refractivity contribution in [3.63, 3.8) is 0 Å². The SMILES string of the molecule is CC1(C)[C@@]2(C)NN[C@]1(C)[C@H]1[C@@H]2[C@@H]2C=C[C@H]1C2. The molecule has 3 fully saturated rings. The molecular formula is C14H22N2. The monoisotopic (exact) mass is 218 g/mol. The molecule has 2 nitrogen and oxygen atoms in total. The van der Waals surface area contributed by atoms with Crippen LogP contribution in [0.1, 0.15) is 34.1 Å². The second-order valence-corrected chi connectivity index (χ2v) is 7.28. The lowest BCUT2D eigenvalue weighted by molar-refractivity contribution is 0.118. The molecule has 6 atom stereocenters. The van der Waals surface area contributed by atoms with Gasteiger partial charge in [0.1, 0.15) is 0 Å². The quantitative estimate of drug-likeness (QED) is 0.480. The molecule has 2 saturated carbocycles. The second-order valence-electron chi connectivity index (χ2n) is 7.28. The van der Waals surface area contributed by atoms with E-state index in [9.17, 15) is 0 Å². The summed E-state index contributed by atoms with van der Waals surface area (Å²) in [6.07, 6.45) is 6.37. The van der Waals surface area contributed by atoms with E-state index in [0.29, 0.717) is 5.41 Å². The van der Waals surface area contributed by atoms with Gasteiger partial charge in [-0.3, -0.25) is 10.9 Å². The van der Waals surface area contributed by atoms with Crippen molar-refractivity contribution in [2.24, 2.45) is 29.1 Å². The highest BCUT2D eigenvalue weighted by Gasteiger charge is 2.77. The molecule has 0 unspecified atom stereocenters. The zero-order valence-corrected chi connectivity index (χ0v) is 10.7. The predicted octanol–water partition coefficient (Wildman–Crippen LogP) is 2.09. The van der Waals surface area contributed by atoms with Gasteiger partial charge in [0.15, 0.2) is 0 Å². The number of hydrogen-bond acceptors (Lipinski definition) is 2. The Labute approximate surface area is 97.8 Å². The molecule has 1 saturated heterocycles. The summed E-state index contributed by atoms with van der Waals surface area (Å²) in [6.45, 7) is 9.75. The molecule has 0 aromatic rings. The average Bonchev–Trinajstić information content (AvgIpc) is 2.89. The average molecular weight is 218 g/mol. The van der Waals surface area contributed by atoms with Gasteiger partial charge in [-0.15, -0.1) is 0 Å². The molecule has 88 valence electrons. The third-order valence-electron chi connectivity index (χ3n) is 6.97. The van der Waals surface area contributed by atoms with E-state index < -0.39 is 0 Å². The van der Waals surface area contributed by atoms with E-state index in [0.717, 1.165) is 23.7 Å². The van der Waals surface area contributed by atoms with Gasteiger partial charge in [0.25, 0.3) is 0 Å². The van der Waals surface area contributed by atoms with Crippen molar-refractivity contribution in [3.8, 4) is 0 Å². The van der Waals surface area contributed by atoms with Crippen LogP contribution in [0.4, 0.5) is 0 Å². The predicted molar refractivity (Wildman–Crippen MR) is 64.6 cm³/mol. The first-order valence-corrected chi connectivity index (χ1v) is 6.64. The number of allylic oxidation sites excluding steroid dienone is 2. The Hall–Kier alpha value is -0.340. The Morgan fingerprint density at radius 2 is 1.31 bits per heavy atom. The molecule has 4 rings (SSSR count). The second kappa shape index (κ2) is 2.28. The molecule has 4 aliphatic rings. The zero-order chi connectivity index (χ0) is 11.3. The smallest absolute Gasteiger partial charge is 0.0402 e. The fraction of sp³-hybridized carbons (Fsp3) is 0.857. The molecule has 0 radical (unpaired) electrons. The van der Waals surface area contributed by atoms with Crippen LogP contribution in [0.3, 0.4) is 0 Å². The van der Waals surface area contributed by atoms with Crippen molar-refractivity contribution in [2.75, 3.05) is 0 Å². The standard InChI is InChI=1S/C14H22N2/c1-12(2)13(3)10-8-5-6-9(7-8)11(10)14(12,4)16-15-13/h5-6,8-11,15-16H,7H2,1-4H3/t8-,9+,10+,11-,13+,14-. The van der Waals surface area contributed by atoms with Crippen LogP contribution in [-0.2, 0) is 0 Å². The normalized spacial score (nSPS) is 64.2. The van der Waals surface area contributed by atoms with E-state index in [-0.39, 0.29) is 11.1 Å². The molecule has 0 aromatic heterocycles. The van der Waals surface area contributed by atoms with Gasteiger partial charge in [-0.25, -0.2) is 0 Å². The van der Waals surface area contributed by atoms with Gasteiger partial charge in [-0.05, 0) is 43.9 Å². The maximum Gasteiger partial charge on any atom is 0.0402 e. The van der Waals surface area contributed by atoms with Gasteiger partial charge < -0.3 is 0 Å². The molecule has 4 bridgehead atoms. The number of rotatable bonds is 0. The van der Waals surface area contributed by atoms with Crippen molar-refractivity contribution in [1.29, 1.82) is 0 Å². The minimum Gasteiger partial charge on any atom is -0.251 e. The van der Waals surface area contributed by atoms with Gasteiger partial charge in [-0.1, -0.05) is 26.0 Å².